The monoisotopic (exact) mass is 363 g/mol. The highest BCUT2D eigenvalue weighted by atomic mass is 79.9. The van der Waals surface area contributed by atoms with Crippen LogP contribution in [0.15, 0.2) is 22.8 Å². The minimum absolute atomic E-state index is 0.329. The third-order valence-corrected chi connectivity index (χ3v) is 5.36. The van der Waals surface area contributed by atoms with Crippen LogP contribution in [0.2, 0.25) is 0 Å². The minimum atomic E-state index is -0.711. The molecule has 4 rings (SSSR count). The molecular formula is C16H18BrN3O2. The molecule has 1 aromatic carbocycles. The molecule has 116 valence electrons. The average Bonchev–Trinajstić information content (AvgIpc) is 2.96. The average molecular weight is 364 g/mol. The van der Waals surface area contributed by atoms with Crippen molar-refractivity contribution in [3.8, 4) is 11.3 Å². The van der Waals surface area contributed by atoms with Gasteiger partial charge in [-0.05, 0) is 37.5 Å². The van der Waals surface area contributed by atoms with Crippen LogP contribution in [0.1, 0.15) is 36.2 Å². The van der Waals surface area contributed by atoms with E-state index in [0.717, 1.165) is 58.6 Å². The van der Waals surface area contributed by atoms with Gasteiger partial charge < -0.3 is 15.2 Å². The van der Waals surface area contributed by atoms with Crippen LogP contribution in [0.4, 0.5) is 5.69 Å². The number of aromatic nitrogens is 2. The molecule has 0 aliphatic carbocycles. The third-order valence-electron chi connectivity index (χ3n) is 4.50. The Labute approximate surface area is 137 Å². The molecule has 0 amide bonds. The summed E-state index contributed by atoms with van der Waals surface area (Å²) in [5.41, 5.74) is 5.04. The van der Waals surface area contributed by atoms with E-state index in [4.69, 9.17) is 4.74 Å². The molecule has 1 fully saturated rings. The first kappa shape index (κ1) is 14.2. The summed E-state index contributed by atoms with van der Waals surface area (Å²) in [5, 5.41) is 18.1. The number of hydrogen-bond donors (Lipinski definition) is 2. The van der Waals surface area contributed by atoms with Gasteiger partial charge in [0.2, 0.25) is 0 Å². The fraction of sp³-hybridized carbons (Fsp3) is 0.438. The van der Waals surface area contributed by atoms with Crippen molar-refractivity contribution < 1.29 is 9.84 Å². The Morgan fingerprint density at radius 1 is 1.36 bits per heavy atom. The number of aliphatic hydroxyl groups is 1. The maximum Gasteiger partial charge on any atom is 0.154 e. The summed E-state index contributed by atoms with van der Waals surface area (Å²) in [5.74, 6) is 0. The molecule has 0 bridgehead atoms. The van der Waals surface area contributed by atoms with Gasteiger partial charge in [0.05, 0.1) is 17.9 Å². The van der Waals surface area contributed by atoms with Gasteiger partial charge in [-0.25, -0.2) is 0 Å². The molecule has 22 heavy (non-hydrogen) atoms. The summed E-state index contributed by atoms with van der Waals surface area (Å²) in [6.07, 6.45) is 2.98. The van der Waals surface area contributed by atoms with Crippen LogP contribution in [0.5, 0.6) is 0 Å². The summed E-state index contributed by atoms with van der Waals surface area (Å²) in [7, 11) is 0. The van der Waals surface area contributed by atoms with Gasteiger partial charge in [0.25, 0.3) is 0 Å². The van der Waals surface area contributed by atoms with Gasteiger partial charge in [-0.2, -0.15) is 5.10 Å². The van der Waals surface area contributed by atoms with Crippen molar-refractivity contribution in [3.63, 3.8) is 0 Å². The van der Waals surface area contributed by atoms with Gasteiger partial charge in [0, 0.05) is 34.5 Å². The summed E-state index contributed by atoms with van der Waals surface area (Å²) >= 11 is 3.61. The maximum atomic E-state index is 10.4. The lowest BCUT2D eigenvalue weighted by Gasteiger charge is -2.29. The van der Waals surface area contributed by atoms with E-state index in [1.807, 2.05) is 6.92 Å². The van der Waals surface area contributed by atoms with Crippen molar-refractivity contribution in [2.24, 2.45) is 0 Å². The van der Waals surface area contributed by atoms with Crippen molar-refractivity contribution >= 4 is 21.6 Å². The first-order chi connectivity index (χ1) is 10.6. The summed E-state index contributed by atoms with van der Waals surface area (Å²) in [6, 6.07) is 4.50. The van der Waals surface area contributed by atoms with Crippen LogP contribution in [0, 0.1) is 6.92 Å². The smallest absolute Gasteiger partial charge is 0.154 e. The molecule has 5 nitrogen and oxygen atoms in total. The zero-order chi connectivity index (χ0) is 15.3. The van der Waals surface area contributed by atoms with Crippen LogP contribution >= 0.6 is 15.9 Å². The lowest BCUT2D eigenvalue weighted by atomic mass is 9.98. The molecule has 1 aromatic heterocycles. The number of benzene rings is 1. The number of fused-ring (bicyclic) bond motifs is 3. The SMILES string of the molecule is Cc1cc2c(cc1Br)-c1c(cnn1C1CCOCC1)C(O)N2. The van der Waals surface area contributed by atoms with Crippen LogP contribution in [0.3, 0.4) is 0 Å². The van der Waals surface area contributed by atoms with E-state index in [1.165, 1.54) is 0 Å². The highest BCUT2D eigenvalue weighted by Crippen LogP contribution is 2.43. The second-order valence-corrected chi connectivity index (χ2v) is 6.78. The van der Waals surface area contributed by atoms with E-state index in [2.05, 4.69) is 43.2 Å². The highest BCUT2D eigenvalue weighted by Gasteiger charge is 2.30. The summed E-state index contributed by atoms with van der Waals surface area (Å²) in [6.45, 7) is 3.58. The van der Waals surface area contributed by atoms with Gasteiger partial charge in [0.15, 0.2) is 6.23 Å². The van der Waals surface area contributed by atoms with Crippen LogP contribution in [-0.4, -0.2) is 28.1 Å². The number of anilines is 1. The van der Waals surface area contributed by atoms with Crippen molar-refractivity contribution in [2.45, 2.75) is 32.0 Å². The van der Waals surface area contributed by atoms with Gasteiger partial charge in [-0.15, -0.1) is 0 Å². The second kappa shape index (κ2) is 5.37. The molecule has 3 heterocycles. The molecule has 2 aliphatic heterocycles. The largest absolute Gasteiger partial charge is 0.381 e. The Hall–Kier alpha value is -1.37. The predicted molar refractivity (Wildman–Crippen MR) is 87.8 cm³/mol. The Kier molecular flexibility index (Phi) is 3.47. The Bertz CT molecular complexity index is 722. The summed E-state index contributed by atoms with van der Waals surface area (Å²) in [4.78, 5) is 0. The maximum absolute atomic E-state index is 10.4. The van der Waals surface area contributed by atoms with E-state index in [-0.39, 0.29) is 0 Å². The molecule has 1 atom stereocenters. The Morgan fingerprint density at radius 2 is 2.14 bits per heavy atom. The van der Waals surface area contributed by atoms with Crippen molar-refractivity contribution in [3.05, 3.63) is 33.9 Å². The topological polar surface area (TPSA) is 59.3 Å². The number of ether oxygens (including phenoxy) is 1. The fourth-order valence-corrected chi connectivity index (χ4v) is 3.63. The van der Waals surface area contributed by atoms with Gasteiger partial charge >= 0.3 is 0 Å². The van der Waals surface area contributed by atoms with E-state index in [1.54, 1.807) is 6.20 Å². The first-order valence-electron chi connectivity index (χ1n) is 7.55. The zero-order valence-corrected chi connectivity index (χ0v) is 13.9. The first-order valence-corrected chi connectivity index (χ1v) is 8.34. The second-order valence-electron chi connectivity index (χ2n) is 5.93. The molecular weight excluding hydrogens is 346 g/mol. The lowest BCUT2D eigenvalue weighted by molar-refractivity contribution is 0.0666. The van der Waals surface area contributed by atoms with E-state index in [0.29, 0.717) is 6.04 Å². The molecule has 1 saturated heterocycles. The Balaban J connectivity index is 1.88. The third kappa shape index (κ3) is 2.17. The van der Waals surface area contributed by atoms with Crippen molar-refractivity contribution in [2.75, 3.05) is 18.5 Å². The molecule has 2 aromatic rings. The molecule has 0 spiro atoms. The molecule has 1 unspecified atom stereocenters. The number of halogens is 1. The lowest BCUT2D eigenvalue weighted by Crippen LogP contribution is -2.23. The standard InChI is InChI=1S/C16H18BrN3O2/c1-9-6-14-11(7-13(9)17)15-12(16(21)19-14)8-18-20(15)10-2-4-22-5-3-10/h6-8,10,16,19,21H,2-5H2,1H3. The molecule has 0 saturated carbocycles. The normalized spacial score (nSPS) is 21.1. The number of nitrogens with one attached hydrogen (secondary N) is 1. The molecule has 0 radical (unpaired) electrons. The zero-order valence-electron chi connectivity index (χ0n) is 12.3. The number of aliphatic hydroxyl groups excluding tert-OH is 1. The van der Waals surface area contributed by atoms with Crippen LogP contribution in [-0.2, 0) is 4.74 Å². The van der Waals surface area contributed by atoms with Gasteiger partial charge in [-0.3, -0.25) is 4.68 Å². The number of rotatable bonds is 1. The number of aryl methyl sites for hydroxylation is 1. The quantitative estimate of drug-likeness (QED) is 0.815. The molecule has 6 heteroatoms. The van der Waals surface area contributed by atoms with E-state index < -0.39 is 6.23 Å². The Morgan fingerprint density at radius 3 is 2.91 bits per heavy atom. The van der Waals surface area contributed by atoms with Crippen molar-refractivity contribution in [1.29, 1.82) is 0 Å². The van der Waals surface area contributed by atoms with Crippen LogP contribution < -0.4 is 5.32 Å². The van der Waals surface area contributed by atoms with E-state index in [9.17, 15) is 5.11 Å². The fourth-order valence-electron chi connectivity index (χ4n) is 3.28. The van der Waals surface area contributed by atoms with Crippen molar-refractivity contribution in [1.82, 2.24) is 9.78 Å². The van der Waals surface area contributed by atoms with Crippen LogP contribution in [0.25, 0.3) is 11.3 Å². The summed E-state index contributed by atoms with van der Waals surface area (Å²) < 4.78 is 8.59. The van der Waals surface area contributed by atoms with Gasteiger partial charge in [-0.1, -0.05) is 15.9 Å². The minimum Gasteiger partial charge on any atom is -0.381 e. The molecule has 2 aliphatic rings. The van der Waals surface area contributed by atoms with E-state index >= 15 is 0 Å². The molecule has 2 N–H and O–H groups in total. The predicted octanol–water partition coefficient (Wildman–Crippen LogP) is 3.39. The number of hydrogen-bond acceptors (Lipinski definition) is 4. The number of nitrogens with zero attached hydrogens (tertiary/aromatic N) is 2. The van der Waals surface area contributed by atoms with Gasteiger partial charge in [0.1, 0.15) is 0 Å². The highest BCUT2D eigenvalue weighted by molar-refractivity contribution is 9.10.